The van der Waals surface area contributed by atoms with Gasteiger partial charge in [-0.1, -0.05) is 30.3 Å². The average molecular weight is 242 g/mol. The molecule has 0 aliphatic rings. The van der Waals surface area contributed by atoms with Crippen LogP contribution in [-0.2, 0) is 0 Å². The zero-order chi connectivity index (χ0) is 13.5. The van der Waals surface area contributed by atoms with E-state index in [1.54, 1.807) is 24.3 Å². The maximum absolute atomic E-state index is 12.2. The topological polar surface area (TPSA) is 44.1 Å². The largest absolute Gasteiger partial charge is 0.374 e. The molecular formula is C15H18N2O. The standard InChI is InChI=1S/C15H18N2O/c1-4-17(5-2)12(3)14(11-16)15(18)13-9-7-6-8-10-13/h6-10H,4-5H2,1-3H3. The fourth-order valence-corrected chi connectivity index (χ4v) is 1.89. The van der Waals surface area contributed by atoms with Crippen molar-refractivity contribution in [2.75, 3.05) is 13.1 Å². The third-order valence-electron chi connectivity index (χ3n) is 2.97. The number of nitrogens with zero attached hydrogens (tertiary/aromatic N) is 2. The summed E-state index contributed by atoms with van der Waals surface area (Å²) in [7, 11) is 0. The minimum absolute atomic E-state index is 0.206. The number of ketones is 1. The highest BCUT2D eigenvalue weighted by atomic mass is 16.1. The highest BCUT2D eigenvalue weighted by molar-refractivity contribution is 6.11. The molecule has 0 unspecified atom stereocenters. The summed E-state index contributed by atoms with van der Waals surface area (Å²) in [6, 6.07) is 11.0. The highest BCUT2D eigenvalue weighted by Gasteiger charge is 2.17. The van der Waals surface area contributed by atoms with E-state index in [1.807, 2.05) is 37.8 Å². The molecule has 0 N–H and O–H groups in total. The summed E-state index contributed by atoms with van der Waals surface area (Å²) in [5.74, 6) is -0.206. The first-order valence-electron chi connectivity index (χ1n) is 6.11. The first kappa shape index (κ1) is 14.0. The summed E-state index contributed by atoms with van der Waals surface area (Å²) >= 11 is 0. The molecule has 0 spiro atoms. The summed E-state index contributed by atoms with van der Waals surface area (Å²) in [4.78, 5) is 14.3. The molecule has 3 nitrogen and oxygen atoms in total. The van der Waals surface area contributed by atoms with Crippen LogP contribution in [-0.4, -0.2) is 23.8 Å². The first-order chi connectivity index (χ1) is 8.65. The monoisotopic (exact) mass is 242 g/mol. The number of hydrogen-bond donors (Lipinski definition) is 0. The predicted molar refractivity (Wildman–Crippen MR) is 72.0 cm³/mol. The zero-order valence-corrected chi connectivity index (χ0v) is 11.1. The molecule has 0 radical (unpaired) electrons. The molecule has 0 aliphatic carbocycles. The van der Waals surface area contributed by atoms with Crippen LogP contribution in [0.15, 0.2) is 41.6 Å². The Morgan fingerprint density at radius 1 is 1.22 bits per heavy atom. The van der Waals surface area contributed by atoms with E-state index in [2.05, 4.69) is 0 Å². The Morgan fingerprint density at radius 2 is 1.78 bits per heavy atom. The van der Waals surface area contributed by atoms with Crippen molar-refractivity contribution in [1.82, 2.24) is 4.90 Å². The van der Waals surface area contributed by atoms with Crippen LogP contribution in [0.2, 0.25) is 0 Å². The Labute approximate surface area is 108 Å². The van der Waals surface area contributed by atoms with Gasteiger partial charge in [0.25, 0.3) is 0 Å². The van der Waals surface area contributed by atoms with Gasteiger partial charge in [-0.05, 0) is 20.8 Å². The second-order valence-electron chi connectivity index (χ2n) is 3.94. The van der Waals surface area contributed by atoms with Crippen LogP contribution in [0.3, 0.4) is 0 Å². The number of rotatable bonds is 5. The maximum atomic E-state index is 12.2. The van der Waals surface area contributed by atoms with Crippen molar-refractivity contribution >= 4 is 5.78 Å². The van der Waals surface area contributed by atoms with Gasteiger partial charge in [0.2, 0.25) is 5.78 Å². The van der Waals surface area contributed by atoms with Gasteiger partial charge in [0.1, 0.15) is 11.6 Å². The molecule has 1 rings (SSSR count). The van der Waals surface area contributed by atoms with Crippen molar-refractivity contribution in [1.29, 1.82) is 5.26 Å². The summed E-state index contributed by atoms with van der Waals surface area (Å²) in [6.45, 7) is 7.42. The smallest absolute Gasteiger partial charge is 0.205 e. The lowest BCUT2D eigenvalue weighted by Gasteiger charge is -2.22. The summed E-state index contributed by atoms with van der Waals surface area (Å²) in [6.07, 6.45) is 0. The molecular weight excluding hydrogens is 224 g/mol. The van der Waals surface area contributed by atoms with Gasteiger partial charge in [0, 0.05) is 24.4 Å². The number of hydrogen-bond acceptors (Lipinski definition) is 3. The molecule has 18 heavy (non-hydrogen) atoms. The third-order valence-corrected chi connectivity index (χ3v) is 2.97. The lowest BCUT2D eigenvalue weighted by atomic mass is 10.0. The minimum Gasteiger partial charge on any atom is -0.374 e. The van der Waals surface area contributed by atoms with Crippen molar-refractivity contribution in [3.8, 4) is 6.07 Å². The van der Waals surface area contributed by atoms with E-state index >= 15 is 0 Å². The van der Waals surface area contributed by atoms with Gasteiger partial charge < -0.3 is 4.90 Å². The Morgan fingerprint density at radius 3 is 2.22 bits per heavy atom. The van der Waals surface area contributed by atoms with Gasteiger partial charge in [-0.3, -0.25) is 4.79 Å². The second kappa shape index (κ2) is 6.61. The van der Waals surface area contributed by atoms with E-state index in [1.165, 1.54) is 0 Å². The Hall–Kier alpha value is -2.08. The molecule has 3 heteroatoms. The number of nitriles is 1. The molecule has 0 aliphatic heterocycles. The molecule has 1 aromatic carbocycles. The minimum atomic E-state index is -0.206. The lowest BCUT2D eigenvalue weighted by Crippen LogP contribution is -2.23. The van der Waals surface area contributed by atoms with E-state index in [0.717, 1.165) is 18.8 Å². The third kappa shape index (κ3) is 2.98. The summed E-state index contributed by atoms with van der Waals surface area (Å²) in [5.41, 5.74) is 1.53. The molecule has 0 saturated heterocycles. The van der Waals surface area contributed by atoms with Crippen LogP contribution in [0, 0.1) is 11.3 Å². The van der Waals surface area contributed by atoms with Crippen LogP contribution in [0.5, 0.6) is 0 Å². The predicted octanol–water partition coefficient (Wildman–Crippen LogP) is 3.01. The van der Waals surface area contributed by atoms with Gasteiger partial charge in [0.05, 0.1) is 0 Å². The number of carbonyl (C=O) groups excluding carboxylic acids is 1. The highest BCUT2D eigenvalue weighted by Crippen LogP contribution is 2.15. The first-order valence-corrected chi connectivity index (χ1v) is 6.11. The molecule has 0 fully saturated rings. The van der Waals surface area contributed by atoms with Crippen LogP contribution in [0.4, 0.5) is 0 Å². The molecule has 0 atom stereocenters. The van der Waals surface area contributed by atoms with E-state index in [9.17, 15) is 10.1 Å². The number of benzene rings is 1. The van der Waals surface area contributed by atoms with Crippen LogP contribution >= 0.6 is 0 Å². The molecule has 0 aromatic heterocycles. The SMILES string of the molecule is CCN(CC)C(C)=C(C#N)C(=O)c1ccccc1. The number of Topliss-reactive ketones (excluding diaryl/α,β-unsaturated/α-hetero) is 1. The quantitative estimate of drug-likeness (QED) is 0.453. The summed E-state index contributed by atoms with van der Waals surface area (Å²) < 4.78 is 0. The summed E-state index contributed by atoms with van der Waals surface area (Å²) in [5, 5.41) is 9.21. The molecule has 94 valence electrons. The molecule has 0 heterocycles. The van der Waals surface area contributed by atoms with Crippen molar-refractivity contribution in [2.45, 2.75) is 20.8 Å². The Bertz CT molecular complexity index is 479. The van der Waals surface area contributed by atoms with Crippen molar-refractivity contribution < 1.29 is 4.79 Å². The molecule has 1 aromatic rings. The van der Waals surface area contributed by atoms with Crippen molar-refractivity contribution in [2.24, 2.45) is 0 Å². The maximum Gasteiger partial charge on any atom is 0.205 e. The van der Waals surface area contributed by atoms with Crippen molar-refractivity contribution in [3.63, 3.8) is 0 Å². The normalized spacial score (nSPS) is 11.4. The van der Waals surface area contributed by atoms with Gasteiger partial charge in [-0.15, -0.1) is 0 Å². The average Bonchev–Trinajstić information content (AvgIpc) is 2.42. The second-order valence-corrected chi connectivity index (χ2v) is 3.94. The Balaban J connectivity index is 3.15. The van der Waals surface area contributed by atoms with Crippen LogP contribution in [0.1, 0.15) is 31.1 Å². The van der Waals surface area contributed by atoms with E-state index in [-0.39, 0.29) is 11.4 Å². The van der Waals surface area contributed by atoms with E-state index in [4.69, 9.17) is 0 Å². The van der Waals surface area contributed by atoms with Gasteiger partial charge in [-0.2, -0.15) is 5.26 Å². The fourth-order valence-electron chi connectivity index (χ4n) is 1.89. The lowest BCUT2D eigenvalue weighted by molar-refractivity contribution is 0.103. The zero-order valence-electron chi connectivity index (χ0n) is 11.1. The number of carbonyl (C=O) groups is 1. The van der Waals surface area contributed by atoms with E-state index < -0.39 is 0 Å². The molecule has 0 amide bonds. The van der Waals surface area contributed by atoms with Crippen LogP contribution < -0.4 is 0 Å². The fraction of sp³-hybridized carbons (Fsp3) is 0.333. The van der Waals surface area contributed by atoms with Gasteiger partial charge >= 0.3 is 0 Å². The number of allylic oxidation sites excluding steroid dienone is 2. The van der Waals surface area contributed by atoms with Crippen LogP contribution in [0.25, 0.3) is 0 Å². The van der Waals surface area contributed by atoms with Gasteiger partial charge in [0.15, 0.2) is 0 Å². The molecule has 0 bridgehead atoms. The molecule has 0 saturated carbocycles. The van der Waals surface area contributed by atoms with E-state index in [0.29, 0.717) is 5.56 Å². The Kier molecular flexibility index (Phi) is 5.13. The van der Waals surface area contributed by atoms with Crippen molar-refractivity contribution in [3.05, 3.63) is 47.2 Å². The van der Waals surface area contributed by atoms with Gasteiger partial charge in [-0.25, -0.2) is 0 Å².